The lowest BCUT2D eigenvalue weighted by Gasteiger charge is -2.12. The molecule has 0 saturated carbocycles. The van der Waals surface area contributed by atoms with Crippen molar-refractivity contribution in [1.29, 1.82) is 0 Å². The summed E-state index contributed by atoms with van der Waals surface area (Å²) in [5, 5.41) is 3.40. The van der Waals surface area contributed by atoms with E-state index in [1.807, 2.05) is 25.1 Å². The molecule has 0 bridgehead atoms. The molecule has 3 N–H and O–H groups in total. The second-order valence-electron chi connectivity index (χ2n) is 5.44. The average Bonchev–Trinajstić information content (AvgIpc) is 2.48. The van der Waals surface area contributed by atoms with Gasteiger partial charge in [0.1, 0.15) is 5.75 Å². The average molecular weight is 284 g/mol. The summed E-state index contributed by atoms with van der Waals surface area (Å²) in [7, 11) is 0. The van der Waals surface area contributed by atoms with Crippen LogP contribution in [0.5, 0.6) is 5.75 Å². The van der Waals surface area contributed by atoms with E-state index in [4.69, 9.17) is 10.5 Å². The fourth-order valence-corrected chi connectivity index (χ4v) is 2.15. The Bertz CT molecular complexity index is 576. The maximum atomic E-state index is 5.87. The number of hydrogen-bond donors (Lipinski definition) is 2. The van der Waals surface area contributed by atoms with Gasteiger partial charge in [-0.2, -0.15) is 0 Å². The smallest absolute Gasteiger partial charge is 0.144 e. The van der Waals surface area contributed by atoms with E-state index in [0.29, 0.717) is 18.2 Å². The summed E-state index contributed by atoms with van der Waals surface area (Å²) in [5.41, 5.74) is 10.2. The number of nitrogen functional groups attached to an aromatic ring is 1. The number of benzene rings is 2. The van der Waals surface area contributed by atoms with Crippen molar-refractivity contribution in [3.63, 3.8) is 0 Å². The van der Waals surface area contributed by atoms with Gasteiger partial charge >= 0.3 is 0 Å². The molecule has 3 heteroatoms. The third-order valence-corrected chi connectivity index (χ3v) is 3.46. The molecule has 0 spiro atoms. The Morgan fingerprint density at radius 3 is 2.43 bits per heavy atom. The Labute approximate surface area is 127 Å². The van der Waals surface area contributed by atoms with Crippen LogP contribution in [0.15, 0.2) is 42.5 Å². The molecule has 112 valence electrons. The first-order valence-corrected chi connectivity index (χ1v) is 7.45. The number of ether oxygens (including phenoxy) is 1. The molecule has 2 aromatic rings. The van der Waals surface area contributed by atoms with E-state index >= 15 is 0 Å². The molecule has 0 heterocycles. The molecule has 2 rings (SSSR count). The number of anilines is 2. The zero-order valence-electron chi connectivity index (χ0n) is 13.0. The maximum absolute atomic E-state index is 5.87. The first-order valence-electron chi connectivity index (χ1n) is 7.45. The molecule has 0 aliphatic carbocycles. The summed E-state index contributed by atoms with van der Waals surface area (Å²) in [5.74, 6) is 1.30. The van der Waals surface area contributed by atoms with E-state index in [1.165, 1.54) is 11.1 Å². The van der Waals surface area contributed by atoms with Crippen molar-refractivity contribution in [2.24, 2.45) is 0 Å². The van der Waals surface area contributed by atoms with Crippen molar-refractivity contribution in [3.05, 3.63) is 53.6 Å². The van der Waals surface area contributed by atoms with Crippen LogP contribution >= 0.6 is 0 Å². The van der Waals surface area contributed by atoms with E-state index < -0.39 is 0 Å². The SMILES string of the molecule is CCOc1cc(NCc2ccc(C(C)C)cc2)ccc1N. The van der Waals surface area contributed by atoms with Crippen LogP contribution in [0.3, 0.4) is 0 Å². The summed E-state index contributed by atoms with van der Waals surface area (Å²) in [6.45, 7) is 7.77. The Morgan fingerprint density at radius 2 is 1.81 bits per heavy atom. The molecule has 0 fully saturated rings. The van der Waals surface area contributed by atoms with Crippen molar-refractivity contribution < 1.29 is 4.74 Å². The first kappa shape index (κ1) is 15.2. The van der Waals surface area contributed by atoms with Crippen LogP contribution in [0.25, 0.3) is 0 Å². The predicted octanol–water partition coefficient (Wildman–Crippen LogP) is 4.40. The predicted molar refractivity (Wildman–Crippen MR) is 89.9 cm³/mol. The normalized spacial score (nSPS) is 10.7. The number of hydrogen-bond acceptors (Lipinski definition) is 3. The second kappa shape index (κ2) is 7.02. The van der Waals surface area contributed by atoms with Gasteiger partial charge in [0.25, 0.3) is 0 Å². The van der Waals surface area contributed by atoms with Crippen LogP contribution < -0.4 is 15.8 Å². The summed E-state index contributed by atoms with van der Waals surface area (Å²) in [4.78, 5) is 0. The molecule has 21 heavy (non-hydrogen) atoms. The Hall–Kier alpha value is -2.16. The summed E-state index contributed by atoms with van der Waals surface area (Å²) < 4.78 is 5.51. The van der Waals surface area contributed by atoms with Crippen molar-refractivity contribution in [2.75, 3.05) is 17.7 Å². The standard InChI is InChI=1S/C18H24N2O/c1-4-21-18-11-16(9-10-17(18)19)20-12-14-5-7-15(8-6-14)13(2)3/h5-11,13,20H,4,12,19H2,1-3H3. The molecule has 0 radical (unpaired) electrons. The lowest BCUT2D eigenvalue weighted by atomic mass is 10.0. The van der Waals surface area contributed by atoms with Crippen LogP contribution in [-0.4, -0.2) is 6.61 Å². The van der Waals surface area contributed by atoms with Gasteiger partial charge in [0, 0.05) is 18.3 Å². The van der Waals surface area contributed by atoms with Crippen LogP contribution in [-0.2, 0) is 6.54 Å². The molecule has 0 atom stereocenters. The number of nitrogens with two attached hydrogens (primary N) is 1. The van der Waals surface area contributed by atoms with Crippen molar-refractivity contribution in [3.8, 4) is 5.75 Å². The third kappa shape index (κ3) is 4.15. The minimum Gasteiger partial charge on any atom is -0.492 e. The minimum atomic E-state index is 0.567. The topological polar surface area (TPSA) is 47.3 Å². The van der Waals surface area contributed by atoms with E-state index in [-0.39, 0.29) is 0 Å². The third-order valence-electron chi connectivity index (χ3n) is 3.46. The van der Waals surface area contributed by atoms with Crippen molar-refractivity contribution in [1.82, 2.24) is 0 Å². The van der Waals surface area contributed by atoms with Gasteiger partial charge in [-0.1, -0.05) is 38.1 Å². The molecular weight excluding hydrogens is 260 g/mol. The highest BCUT2D eigenvalue weighted by Gasteiger charge is 2.03. The van der Waals surface area contributed by atoms with Gasteiger partial charge in [0.05, 0.1) is 12.3 Å². The number of nitrogens with one attached hydrogen (secondary N) is 1. The highest BCUT2D eigenvalue weighted by Crippen LogP contribution is 2.26. The van der Waals surface area contributed by atoms with Crippen LogP contribution in [0.4, 0.5) is 11.4 Å². The van der Waals surface area contributed by atoms with Crippen LogP contribution in [0.2, 0.25) is 0 Å². The van der Waals surface area contributed by atoms with E-state index in [9.17, 15) is 0 Å². The van der Waals surface area contributed by atoms with Gasteiger partial charge in [-0.3, -0.25) is 0 Å². The quantitative estimate of drug-likeness (QED) is 0.773. The van der Waals surface area contributed by atoms with E-state index in [0.717, 1.165) is 18.0 Å². The van der Waals surface area contributed by atoms with Crippen molar-refractivity contribution in [2.45, 2.75) is 33.2 Å². The van der Waals surface area contributed by atoms with Crippen LogP contribution in [0.1, 0.15) is 37.8 Å². The van der Waals surface area contributed by atoms with Crippen molar-refractivity contribution >= 4 is 11.4 Å². The Morgan fingerprint density at radius 1 is 1.10 bits per heavy atom. The lowest BCUT2D eigenvalue weighted by molar-refractivity contribution is 0.342. The highest BCUT2D eigenvalue weighted by molar-refractivity contribution is 5.61. The molecular formula is C18H24N2O. The van der Waals surface area contributed by atoms with Crippen LogP contribution in [0, 0.1) is 0 Å². The zero-order valence-corrected chi connectivity index (χ0v) is 13.0. The van der Waals surface area contributed by atoms with Gasteiger partial charge in [0.15, 0.2) is 0 Å². The summed E-state index contributed by atoms with van der Waals surface area (Å²) in [6, 6.07) is 14.5. The molecule has 0 aliphatic heterocycles. The molecule has 0 unspecified atom stereocenters. The largest absolute Gasteiger partial charge is 0.492 e. The lowest BCUT2D eigenvalue weighted by Crippen LogP contribution is -2.02. The summed E-state index contributed by atoms with van der Waals surface area (Å²) in [6.07, 6.45) is 0. The minimum absolute atomic E-state index is 0.567. The van der Waals surface area contributed by atoms with Gasteiger partial charge in [-0.15, -0.1) is 0 Å². The Kier molecular flexibility index (Phi) is 5.09. The van der Waals surface area contributed by atoms with Gasteiger partial charge in [-0.05, 0) is 36.1 Å². The van der Waals surface area contributed by atoms with Gasteiger partial charge in [0.2, 0.25) is 0 Å². The second-order valence-corrected chi connectivity index (χ2v) is 5.44. The molecule has 3 nitrogen and oxygen atoms in total. The first-order chi connectivity index (χ1) is 10.1. The molecule has 2 aromatic carbocycles. The molecule has 0 saturated heterocycles. The maximum Gasteiger partial charge on any atom is 0.144 e. The Balaban J connectivity index is 2.00. The van der Waals surface area contributed by atoms with Gasteiger partial charge in [-0.25, -0.2) is 0 Å². The highest BCUT2D eigenvalue weighted by atomic mass is 16.5. The van der Waals surface area contributed by atoms with E-state index in [1.54, 1.807) is 0 Å². The molecule has 0 aromatic heterocycles. The molecule has 0 aliphatic rings. The van der Waals surface area contributed by atoms with Gasteiger partial charge < -0.3 is 15.8 Å². The summed E-state index contributed by atoms with van der Waals surface area (Å²) >= 11 is 0. The molecule has 0 amide bonds. The fourth-order valence-electron chi connectivity index (χ4n) is 2.15. The number of rotatable bonds is 6. The monoisotopic (exact) mass is 284 g/mol. The van der Waals surface area contributed by atoms with E-state index in [2.05, 4.69) is 43.4 Å². The fraction of sp³-hybridized carbons (Fsp3) is 0.333. The zero-order chi connectivity index (χ0) is 15.2.